The minimum Gasteiger partial charge on any atom is -0.280 e. The van der Waals surface area contributed by atoms with E-state index < -0.39 is 34.5 Å². The van der Waals surface area contributed by atoms with Gasteiger partial charge in [-0.05, 0) is 30.1 Å². The Labute approximate surface area is 176 Å². The van der Waals surface area contributed by atoms with Gasteiger partial charge in [-0.25, -0.2) is 0 Å². The van der Waals surface area contributed by atoms with Gasteiger partial charge in [0.2, 0.25) is 0 Å². The van der Waals surface area contributed by atoms with Crippen molar-refractivity contribution in [2.24, 2.45) is 10.8 Å². The van der Waals surface area contributed by atoms with Crippen LogP contribution in [-0.2, 0) is 19.2 Å². The molecule has 2 heterocycles. The van der Waals surface area contributed by atoms with Gasteiger partial charge in [0.05, 0.1) is 0 Å². The number of nitrogens with zero attached hydrogens (tertiary/aromatic N) is 2. The second kappa shape index (κ2) is 7.35. The van der Waals surface area contributed by atoms with Crippen LogP contribution < -0.4 is 0 Å². The van der Waals surface area contributed by atoms with Crippen molar-refractivity contribution in [3.05, 3.63) is 54.1 Å². The Morgan fingerprint density at radius 3 is 1.73 bits per heavy atom. The predicted octanol–water partition coefficient (Wildman–Crippen LogP) is 2.95. The Bertz CT molecular complexity index is 944. The van der Waals surface area contributed by atoms with Crippen LogP contribution in [0.1, 0.15) is 45.1 Å². The topological polar surface area (TPSA) is 74.8 Å². The Morgan fingerprint density at radius 2 is 1.23 bits per heavy atom. The second-order valence-corrected chi connectivity index (χ2v) is 8.15. The van der Waals surface area contributed by atoms with Crippen molar-refractivity contribution in [2.75, 3.05) is 13.1 Å². The zero-order valence-corrected chi connectivity index (χ0v) is 17.4. The smallest absolute Gasteiger partial charge is 0.250 e. The molecule has 0 aromatic heterocycles. The number of hydrogen-bond acceptors (Lipinski definition) is 4. The molecule has 0 atom stereocenters. The Morgan fingerprint density at radius 1 is 0.733 bits per heavy atom. The van der Waals surface area contributed by atoms with E-state index in [0.717, 1.165) is 18.4 Å². The van der Waals surface area contributed by atoms with Gasteiger partial charge in [0, 0.05) is 13.1 Å². The number of allylic oxidation sites excluding steroid dienone is 2. The molecule has 30 heavy (non-hydrogen) atoms. The third kappa shape index (κ3) is 2.42. The molecule has 1 aromatic rings. The lowest BCUT2D eigenvalue weighted by Gasteiger charge is -2.59. The van der Waals surface area contributed by atoms with E-state index in [-0.39, 0.29) is 0 Å². The zero-order chi connectivity index (χ0) is 21.5. The van der Waals surface area contributed by atoms with Gasteiger partial charge >= 0.3 is 0 Å². The fourth-order valence-electron chi connectivity index (χ4n) is 4.64. The highest BCUT2D eigenvalue weighted by Crippen LogP contribution is 2.60. The van der Waals surface area contributed by atoms with Gasteiger partial charge < -0.3 is 0 Å². The molecule has 2 aliphatic heterocycles. The first-order chi connectivity index (χ1) is 14.5. The van der Waals surface area contributed by atoms with Crippen molar-refractivity contribution < 1.29 is 19.2 Å². The van der Waals surface area contributed by atoms with E-state index in [2.05, 4.69) is 0 Å². The van der Waals surface area contributed by atoms with Crippen LogP contribution in [0, 0.1) is 10.8 Å². The van der Waals surface area contributed by atoms with Gasteiger partial charge in [-0.1, -0.05) is 69.2 Å². The molecule has 0 unspecified atom stereocenters. The fraction of sp³-hybridized carbons (Fsp3) is 0.417. The van der Waals surface area contributed by atoms with E-state index >= 15 is 0 Å². The molecule has 4 rings (SSSR count). The van der Waals surface area contributed by atoms with Gasteiger partial charge in [0.1, 0.15) is 0 Å². The van der Waals surface area contributed by atoms with Crippen LogP contribution in [0.2, 0.25) is 0 Å². The lowest BCUT2D eigenvalue weighted by atomic mass is 9.50. The van der Waals surface area contributed by atoms with Gasteiger partial charge in [0.15, 0.2) is 10.8 Å². The number of rotatable bonds is 7. The maximum atomic E-state index is 13.4. The molecule has 0 N–H and O–H groups in total. The number of carbonyl (C=O) groups is 4. The zero-order valence-electron chi connectivity index (χ0n) is 17.4. The maximum Gasteiger partial charge on any atom is 0.250 e. The van der Waals surface area contributed by atoms with Gasteiger partial charge in [-0.3, -0.25) is 29.0 Å². The summed E-state index contributed by atoms with van der Waals surface area (Å²) >= 11 is 0. The molecule has 2 saturated heterocycles. The molecule has 0 radical (unpaired) electrons. The molecule has 0 bridgehead atoms. The molecule has 0 saturated carbocycles. The number of amides is 4. The first-order valence-corrected chi connectivity index (χ1v) is 10.7. The Balaban J connectivity index is 1.78. The Hall–Kier alpha value is -3.02. The van der Waals surface area contributed by atoms with E-state index in [1.54, 1.807) is 12.2 Å². The minimum absolute atomic E-state index is 0.312. The number of carbonyl (C=O) groups excluding carboxylic acids is 4. The van der Waals surface area contributed by atoms with Crippen molar-refractivity contribution in [1.82, 2.24) is 9.80 Å². The molecule has 6 nitrogen and oxygen atoms in total. The third-order valence-corrected chi connectivity index (χ3v) is 6.41. The molecule has 1 aromatic carbocycles. The van der Waals surface area contributed by atoms with Crippen molar-refractivity contribution >= 4 is 29.2 Å². The van der Waals surface area contributed by atoms with Crippen molar-refractivity contribution in [3.8, 4) is 0 Å². The molecule has 156 valence electrons. The van der Waals surface area contributed by atoms with Crippen LogP contribution in [0.3, 0.4) is 0 Å². The second-order valence-electron chi connectivity index (χ2n) is 8.15. The number of unbranched alkanes of at least 4 members (excludes halogenated alkanes) is 2. The highest BCUT2D eigenvalue weighted by atomic mass is 16.2. The predicted molar refractivity (Wildman–Crippen MR) is 112 cm³/mol. The van der Waals surface area contributed by atoms with Crippen LogP contribution in [0.25, 0.3) is 5.57 Å². The maximum absolute atomic E-state index is 13.4. The summed E-state index contributed by atoms with van der Waals surface area (Å²) in [6, 6.07) is 9.37. The molecule has 6 heteroatoms. The summed E-state index contributed by atoms with van der Waals surface area (Å²) in [5.41, 5.74) is -2.00. The van der Waals surface area contributed by atoms with Crippen LogP contribution in [-0.4, -0.2) is 46.5 Å². The van der Waals surface area contributed by atoms with Crippen molar-refractivity contribution in [3.63, 3.8) is 0 Å². The summed E-state index contributed by atoms with van der Waals surface area (Å²) in [6.07, 6.45) is 7.81. The lowest BCUT2D eigenvalue weighted by molar-refractivity contribution is -0.200. The number of hydrogen-bond donors (Lipinski definition) is 0. The van der Waals surface area contributed by atoms with Gasteiger partial charge in [-0.15, -0.1) is 0 Å². The molecule has 2 spiro atoms. The molecule has 1 aliphatic carbocycles. The summed E-state index contributed by atoms with van der Waals surface area (Å²) in [5.74, 6) is -1.79. The van der Waals surface area contributed by atoms with Crippen molar-refractivity contribution in [1.29, 1.82) is 0 Å². The summed E-state index contributed by atoms with van der Waals surface area (Å²) in [6.45, 7) is 4.59. The van der Waals surface area contributed by atoms with Crippen LogP contribution in [0.15, 0.2) is 48.6 Å². The fourth-order valence-corrected chi connectivity index (χ4v) is 4.64. The summed E-state index contributed by atoms with van der Waals surface area (Å²) in [5, 5.41) is 0. The first kappa shape index (κ1) is 20.3. The van der Waals surface area contributed by atoms with E-state index in [1.807, 2.05) is 44.2 Å². The quantitative estimate of drug-likeness (QED) is 0.515. The van der Waals surface area contributed by atoms with E-state index in [1.165, 1.54) is 15.9 Å². The third-order valence-electron chi connectivity index (χ3n) is 6.41. The normalized spacial score (nSPS) is 21.2. The number of benzene rings is 1. The number of fused-ring (bicyclic) bond motifs is 1. The number of likely N-dealkylation sites (tertiary alicyclic amines) is 2. The summed E-state index contributed by atoms with van der Waals surface area (Å²) in [4.78, 5) is 55.5. The van der Waals surface area contributed by atoms with E-state index in [4.69, 9.17) is 0 Å². The average Bonchev–Trinajstić information content (AvgIpc) is 2.79. The largest absolute Gasteiger partial charge is 0.280 e. The SMILES string of the molecule is CCCCN1C(=O)C2(C=CC(c3ccccc3)=CC23C(=O)N(CCCC)C3=O)C1=O. The first-order valence-electron chi connectivity index (χ1n) is 10.7. The standard InChI is InChI=1S/C24H26N2O4/c1-3-5-14-25-19(27)23(20(25)28)13-12-18(17-10-8-7-9-11-17)16-24(23)21(29)26(22(24)30)15-6-4-2/h7-13,16H,3-6,14-15H2,1-2H3. The molecule has 3 aliphatic rings. The summed E-state index contributed by atoms with van der Waals surface area (Å²) < 4.78 is 0. The Kier molecular flexibility index (Phi) is 4.96. The number of β-lactam (4-membered cyclic amide) rings is 4. The average molecular weight is 406 g/mol. The summed E-state index contributed by atoms with van der Waals surface area (Å²) in [7, 11) is 0. The van der Waals surface area contributed by atoms with Gasteiger partial charge in [0.25, 0.3) is 23.6 Å². The van der Waals surface area contributed by atoms with Crippen LogP contribution in [0.4, 0.5) is 0 Å². The molecular formula is C24H26N2O4. The van der Waals surface area contributed by atoms with Crippen LogP contribution >= 0.6 is 0 Å². The highest BCUT2D eigenvalue weighted by molar-refractivity contribution is 6.37. The molecule has 4 amide bonds. The minimum atomic E-state index is -1.77. The lowest BCUT2D eigenvalue weighted by Crippen LogP contribution is -2.82. The van der Waals surface area contributed by atoms with Gasteiger partial charge in [-0.2, -0.15) is 0 Å². The van der Waals surface area contributed by atoms with Crippen molar-refractivity contribution in [2.45, 2.75) is 39.5 Å². The van der Waals surface area contributed by atoms with E-state index in [9.17, 15) is 19.2 Å². The molecular weight excluding hydrogens is 380 g/mol. The molecule has 2 fully saturated rings. The van der Waals surface area contributed by atoms with E-state index in [0.29, 0.717) is 31.5 Å². The monoisotopic (exact) mass is 406 g/mol. The number of imide groups is 2. The van der Waals surface area contributed by atoms with Crippen LogP contribution in [0.5, 0.6) is 0 Å². The highest BCUT2D eigenvalue weighted by Gasteiger charge is 2.81.